The second-order valence-corrected chi connectivity index (χ2v) is 5.18. The van der Waals surface area contributed by atoms with Crippen LogP contribution in [0.2, 0.25) is 0 Å². The van der Waals surface area contributed by atoms with Crippen LogP contribution >= 0.6 is 0 Å². The van der Waals surface area contributed by atoms with Crippen LogP contribution in [0.3, 0.4) is 0 Å². The Morgan fingerprint density at radius 2 is 2.38 bits per heavy atom. The van der Waals surface area contributed by atoms with Gasteiger partial charge in [0, 0.05) is 19.5 Å². The number of carbonyl (C=O) groups is 1. The Morgan fingerprint density at radius 1 is 1.52 bits per heavy atom. The van der Waals surface area contributed by atoms with Crippen LogP contribution in [0.1, 0.15) is 36.7 Å². The van der Waals surface area contributed by atoms with E-state index in [0.717, 1.165) is 30.2 Å². The van der Waals surface area contributed by atoms with Crippen molar-refractivity contribution in [2.24, 2.45) is 0 Å². The minimum atomic E-state index is 0.0772. The Bertz CT molecular complexity index is 639. The summed E-state index contributed by atoms with van der Waals surface area (Å²) in [6.45, 7) is 4.83. The number of furan rings is 1. The first-order valence-corrected chi connectivity index (χ1v) is 7.02. The molecular formula is C15H18N4O2. The lowest BCUT2D eigenvalue weighted by Crippen LogP contribution is -2.44. The summed E-state index contributed by atoms with van der Waals surface area (Å²) in [5.41, 5.74) is 0.894. The van der Waals surface area contributed by atoms with Crippen molar-refractivity contribution in [3.05, 3.63) is 41.7 Å². The van der Waals surface area contributed by atoms with Crippen molar-refractivity contribution in [2.45, 2.75) is 32.9 Å². The highest BCUT2D eigenvalue weighted by molar-refractivity contribution is 5.74. The van der Waals surface area contributed by atoms with Gasteiger partial charge in [-0.2, -0.15) is 0 Å². The monoisotopic (exact) mass is 286 g/mol. The molecule has 1 atom stereocenters. The lowest BCUT2D eigenvalue weighted by Gasteiger charge is -2.40. The van der Waals surface area contributed by atoms with Gasteiger partial charge in [0.05, 0.1) is 24.5 Å². The molecule has 1 aliphatic heterocycles. The number of rotatable bonds is 4. The highest BCUT2D eigenvalue weighted by Crippen LogP contribution is 2.32. The minimum absolute atomic E-state index is 0.0772. The van der Waals surface area contributed by atoms with Crippen molar-refractivity contribution in [3.8, 4) is 0 Å². The third-order valence-electron chi connectivity index (χ3n) is 3.65. The zero-order chi connectivity index (χ0) is 14.8. The van der Waals surface area contributed by atoms with E-state index in [1.807, 2.05) is 30.0 Å². The van der Waals surface area contributed by atoms with Gasteiger partial charge < -0.3 is 14.6 Å². The molecule has 2 aromatic rings. The van der Waals surface area contributed by atoms with Crippen molar-refractivity contribution in [1.29, 1.82) is 0 Å². The molecule has 3 heterocycles. The molecule has 3 rings (SSSR count). The second kappa shape index (κ2) is 5.55. The van der Waals surface area contributed by atoms with E-state index in [4.69, 9.17) is 4.42 Å². The van der Waals surface area contributed by atoms with Gasteiger partial charge in [0.2, 0.25) is 5.91 Å². The van der Waals surface area contributed by atoms with E-state index in [1.165, 1.54) is 0 Å². The molecule has 21 heavy (non-hydrogen) atoms. The summed E-state index contributed by atoms with van der Waals surface area (Å²) in [6, 6.07) is 5.75. The maximum absolute atomic E-state index is 11.5. The number of anilines is 1. The van der Waals surface area contributed by atoms with Gasteiger partial charge in [-0.15, -0.1) is 0 Å². The number of nitrogens with one attached hydrogen (secondary N) is 1. The van der Waals surface area contributed by atoms with E-state index in [9.17, 15) is 4.79 Å². The number of hydrogen-bond acceptors (Lipinski definition) is 5. The van der Waals surface area contributed by atoms with Crippen molar-refractivity contribution in [3.63, 3.8) is 0 Å². The molecule has 1 N–H and O–H groups in total. The maximum atomic E-state index is 11.5. The summed E-state index contributed by atoms with van der Waals surface area (Å²) in [7, 11) is 0. The average molecular weight is 286 g/mol. The first-order chi connectivity index (χ1) is 10.1. The standard InChI is InChI=1S/C15H18N4O2/c1-10-17-13(14-5-6-19(14)11(2)20)8-15(18-10)16-9-12-4-3-7-21-12/h3-4,7-8,14H,5-6,9H2,1-2H3,(H,16,17,18)/t14-/m1/s1. The fourth-order valence-corrected chi connectivity index (χ4v) is 2.51. The topological polar surface area (TPSA) is 71.3 Å². The van der Waals surface area contributed by atoms with Crippen molar-refractivity contribution < 1.29 is 9.21 Å². The van der Waals surface area contributed by atoms with Crippen molar-refractivity contribution >= 4 is 11.7 Å². The van der Waals surface area contributed by atoms with Crippen LogP contribution in [0.4, 0.5) is 5.82 Å². The normalized spacial score (nSPS) is 17.4. The molecule has 0 bridgehead atoms. The van der Waals surface area contributed by atoms with E-state index in [1.54, 1.807) is 13.2 Å². The quantitative estimate of drug-likeness (QED) is 0.933. The Labute approximate surface area is 123 Å². The lowest BCUT2D eigenvalue weighted by atomic mass is 9.99. The van der Waals surface area contributed by atoms with Crippen LogP contribution in [0, 0.1) is 6.92 Å². The van der Waals surface area contributed by atoms with Crippen molar-refractivity contribution in [2.75, 3.05) is 11.9 Å². The molecule has 1 fully saturated rings. The Kier molecular flexibility index (Phi) is 3.60. The Hall–Kier alpha value is -2.37. The number of aromatic nitrogens is 2. The predicted molar refractivity (Wildman–Crippen MR) is 77.5 cm³/mol. The summed E-state index contributed by atoms with van der Waals surface area (Å²) in [4.78, 5) is 22.2. The molecule has 0 spiro atoms. The van der Waals surface area contributed by atoms with Gasteiger partial charge >= 0.3 is 0 Å². The van der Waals surface area contributed by atoms with Gasteiger partial charge in [-0.05, 0) is 25.5 Å². The molecule has 0 unspecified atom stereocenters. The van der Waals surface area contributed by atoms with Crippen LogP contribution in [-0.2, 0) is 11.3 Å². The van der Waals surface area contributed by atoms with E-state index in [-0.39, 0.29) is 11.9 Å². The van der Waals surface area contributed by atoms with E-state index in [0.29, 0.717) is 12.4 Å². The zero-order valence-corrected chi connectivity index (χ0v) is 12.2. The second-order valence-electron chi connectivity index (χ2n) is 5.18. The third kappa shape index (κ3) is 2.89. The molecular weight excluding hydrogens is 268 g/mol. The summed E-state index contributed by atoms with van der Waals surface area (Å²) < 4.78 is 5.29. The van der Waals surface area contributed by atoms with Crippen LogP contribution in [0.15, 0.2) is 28.9 Å². The van der Waals surface area contributed by atoms with Crippen LogP contribution in [0.5, 0.6) is 0 Å². The van der Waals surface area contributed by atoms with Crippen molar-refractivity contribution in [1.82, 2.24) is 14.9 Å². The fraction of sp³-hybridized carbons (Fsp3) is 0.400. The third-order valence-corrected chi connectivity index (χ3v) is 3.65. The zero-order valence-electron chi connectivity index (χ0n) is 12.2. The first-order valence-electron chi connectivity index (χ1n) is 7.02. The molecule has 1 aliphatic rings. The van der Waals surface area contributed by atoms with Gasteiger partial charge in [0.25, 0.3) is 0 Å². The molecule has 0 saturated carbocycles. The first kappa shape index (κ1) is 13.6. The van der Waals surface area contributed by atoms with Crippen LogP contribution in [-0.4, -0.2) is 27.3 Å². The fourth-order valence-electron chi connectivity index (χ4n) is 2.51. The minimum Gasteiger partial charge on any atom is -0.467 e. The lowest BCUT2D eigenvalue weighted by molar-refractivity contribution is -0.136. The largest absolute Gasteiger partial charge is 0.467 e. The molecule has 2 aromatic heterocycles. The number of carbonyl (C=O) groups excluding carboxylic acids is 1. The smallest absolute Gasteiger partial charge is 0.220 e. The molecule has 1 amide bonds. The van der Waals surface area contributed by atoms with E-state index in [2.05, 4.69) is 15.3 Å². The van der Waals surface area contributed by atoms with Gasteiger partial charge in [0.1, 0.15) is 17.4 Å². The number of nitrogens with zero attached hydrogens (tertiary/aromatic N) is 3. The average Bonchev–Trinajstić information content (AvgIpc) is 2.86. The number of amides is 1. The number of hydrogen-bond donors (Lipinski definition) is 1. The summed E-state index contributed by atoms with van der Waals surface area (Å²) in [5.74, 6) is 2.39. The number of likely N-dealkylation sites (tertiary alicyclic amines) is 1. The number of aryl methyl sites for hydroxylation is 1. The molecule has 0 radical (unpaired) electrons. The van der Waals surface area contributed by atoms with E-state index < -0.39 is 0 Å². The molecule has 0 aliphatic carbocycles. The molecule has 0 aromatic carbocycles. The molecule has 110 valence electrons. The SMILES string of the molecule is CC(=O)N1CC[C@@H]1c1cc(NCc2ccco2)nc(C)n1. The van der Waals surface area contributed by atoms with Gasteiger partial charge in [0.15, 0.2) is 0 Å². The van der Waals surface area contributed by atoms with Gasteiger partial charge in [-0.25, -0.2) is 9.97 Å². The van der Waals surface area contributed by atoms with Gasteiger partial charge in [-0.3, -0.25) is 4.79 Å². The maximum Gasteiger partial charge on any atom is 0.220 e. The molecule has 6 heteroatoms. The van der Waals surface area contributed by atoms with E-state index >= 15 is 0 Å². The molecule has 1 saturated heterocycles. The Morgan fingerprint density at radius 3 is 3.00 bits per heavy atom. The summed E-state index contributed by atoms with van der Waals surface area (Å²) in [6.07, 6.45) is 2.60. The van der Waals surface area contributed by atoms with Gasteiger partial charge in [-0.1, -0.05) is 0 Å². The van der Waals surface area contributed by atoms with Crippen LogP contribution in [0.25, 0.3) is 0 Å². The Balaban J connectivity index is 1.75. The summed E-state index contributed by atoms with van der Waals surface area (Å²) >= 11 is 0. The highest BCUT2D eigenvalue weighted by Gasteiger charge is 2.32. The van der Waals surface area contributed by atoms with Crippen LogP contribution < -0.4 is 5.32 Å². The summed E-state index contributed by atoms with van der Waals surface area (Å²) in [5, 5.41) is 3.23. The predicted octanol–water partition coefficient (Wildman–Crippen LogP) is 2.28. The molecule has 6 nitrogen and oxygen atoms in total. The highest BCUT2D eigenvalue weighted by atomic mass is 16.3.